The minimum atomic E-state index is -3.42. The molecule has 1 aromatic rings. The number of nitrogens with one attached hydrogen (secondary N) is 2. The molecule has 0 aliphatic heterocycles. The predicted octanol–water partition coefficient (Wildman–Crippen LogP) is 2.52. The summed E-state index contributed by atoms with van der Waals surface area (Å²) in [6, 6.07) is 5.98. The maximum Gasteiger partial charge on any atom is 0.240 e. The molecule has 0 amide bonds. The second-order valence-corrected chi connectivity index (χ2v) is 8.10. The third kappa shape index (κ3) is 6.38. The number of hydrogen-bond acceptors (Lipinski definition) is 4. The van der Waals surface area contributed by atoms with Gasteiger partial charge in [-0.2, -0.15) is 11.8 Å². The average Bonchev–Trinajstić information content (AvgIpc) is 2.42. The smallest absolute Gasteiger partial charge is 0.240 e. The molecule has 1 aromatic carbocycles. The number of aryl methyl sites for hydroxylation is 1. The van der Waals surface area contributed by atoms with Crippen LogP contribution in [0.15, 0.2) is 23.1 Å². The second-order valence-electron chi connectivity index (χ2n) is 5.38. The van der Waals surface area contributed by atoms with E-state index in [4.69, 9.17) is 0 Å². The Hall–Kier alpha value is -0.560. The van der Waals surface area contributed by atoms with E-state index < -0.39 is 10.0 Å². The molecule has 0 atom stereocenters. The molecule has 0 saturated carbocycles. The first-order chi connectivity index (χ1) is 9.86. The molecule has 2 N–H and O–H groups in total. The largest absolute Gasteiger partial charge is 0.310 e. The number of benzene rings is 1. The third-order valence-electron chi connectivity index (χ3n) is 3.07. The summed E-state index contributed by atoms with van der Waals surface area (Å²) in [5.41, 5.74) is 1.76. The van der Waals surface area contributed by atoms with Crippen molar-refractivity contribution in [2.24, 2.45) is 0 Å². The van der Waals surface area contributed by atoms with Crippen molar-refractivity contribution < 1.29 is 8.42 Å². The molecule has 6 heteroatoms. The monoisotopic (exact) mass is 330 g/mol. The predicted molar refractivity (Wildman–Crippen MR) is 91.3 cm³/mol. The van der Waals surface area contributed by atoms with Crippen LogP contribution >= 0.6 is 11.8 Å². The average molecular weight is 331 g/mol. The van der Waals surface area contributed by atoms with Gasteiger partial charge in [0.25, 0.3) is 0 Å². The zero-order valence-electron chi connectivity index (χ0n) is 13.3. The number of rotatable bonds is 9. The van der Waals surface area contributed by atoms with Gasteiger partial charge < -0.3 is 5.32 Å². The zero-order valence-corrected chi connectivity index (χ0v) is 14.9. The van der Waals surface area contributed by atoms with E-state index in [0.29, 0.717) is 24.0 Å². The molecule has 0 radical (unpaired) electrons. The Morgan fingerprint density at radius 2 is 2.00 bits per heavy atom. The number of sulfonamides is 1. The Bertz CT molecular complexity index is 543. The summed E-state index contributed by atoms with van der Waals surface area (Å²) >= 11 is 1.72. The highest BCUT2D eigenvalue weighted by Crippen LogP contribution is 2.17. The Labute approximate surface area is 133 Å². The van der Waals surface area contributed by atoms with Crippen molar-refractivity contribution >= 4 is 21.8 Å². The molecular weight excluding hydrogens is 304 g/mol. The highest BCUT2D eigenvalue weighted by atomic mass is 32.2. The van der Waals surface area contributed by atoms with Gasteiger partial charge in [-0.05, 0) is 42.5 Å². The van der Waals surface area contributed by atoms with Gasteiger partial charge in [-0.1, -0.05) is 26.0 Å². The lowest BCUT2D eigenvalue weighted by molar-refractivity contribution is 0.578. The summed E-state index contributed by atoms with van der Waals surface area (Å²) in [5.74, 6) is 0.958. The van der Waals surface area contributed by atoms with Gasteiger partial charge in [-0.25, -0.2) is 13.1 Å². The van der Waals surface area contributed by atoms with Crippen molar-refractivity contribution in [3.05, 3.63) is 29.3 Å². The molecule has 0 aliphatic rings. The Morgan fingerprint density at radius 3 is 2.62 bits per heavy atom. The topological polar surface area (TPSA) is 58.2 Å². The highest BCUT2D eigenvalue weighted by molar-refractivity contribution is 7.98. The van der Waals surface area contributed by atoms with Crippen LogP contribution in [0.1, 0.15) is 31.4 Å². The lowest BCUT2D eigenvalue weighted by Gasteiger charge is -2.13. The SMILES string of the molecule is CSCCCNS(=O)(=O)c1cc(CNC(C)C)ccc1C. The number of thioether (sulfide) groups is 1. The van der Waals surface area contributed by atoms with Crippen LogP contribution in [-0.2, 0) is 16.6 Å². The van der Waals surface area contributed by atoms with E-state index in [0.717, 1.165) is 23.3 Å². The molecule has 120 valence electrons. The first kappa shape index (κ1) is 18.5. The normalized spacial score (nSPS) is 12.0. The summed E-state index contributed by atoms with van der Waals surface area (Å²) in [6.07, 6.45) is 2.86. The first-order valence-electron chi connectivity index (χ1n) is 7.18. The van der Waals surface area contributed by atoms with Gasteiger partial charge in [-0.15, -0.1) is 0 Å². The van der Waals surface area contributed by atoms with Crippen LogP contribution in [0, 0.1) is 6.92 Å². The van der Waals surface area contributed by atoms with E-state index in [2.05, 4.69) is 23.9 Å². The summed E-state index contributed by atoms with van der Waals surface area (Å²) < 4.78 is 27.4. The summed E-state index contributed by atoms with van der Waals surface area (Å²) in [6.45, 7) is 7.12. The molecule has 0 fully saturated rings. The van der Waals surface area contributed by atoms with Crippen molar-refractivity contribution in [2.75, 3.05) is 18.6 Å². The second kappa shape index (κ2) is 8.78. The van der Waals surface area contributed by atoms with E-state index >= 15 is 0 Å². The fraction of sp³-hybridized carbons (Fsp3) is 0.600. The molecular formula is C15H26N2O2S2. The van der Waals surface area contributed by atoms with Gasteiger partial charge in [0, 0.05) is 19.1 Å². The minimum Gasteiger partial charge on any atom is -0.310 e. The maximum absolute atomic E-state index is 12.4. The molecule has 0 saturated heterocycles. The third-order valence-corrected chi connectivity index (χ3v) is 5.37. The van der Waals surface area contributed by atoms with E-state index in [1.54, 1.807) is 17.8 Å². The van der Waals surface area contributed by atoms with Crippen LogP contribution < -0.4 is 10.0 Å². The molecule has 0 unspecified atom stereocenters. The molecule has 0 spiro atoms. The van der Waals surface area contributed by atoms with Crippen LogP contribution in [0.3, 0.4) is 0 Å². The molecule has 21 heavy (non-hydrogen) atoms. The van der Waals surface area contributed by atoms with Gasteiger partial charge >= 0.3 is 0 Å². The molecule has 0 aliphatic carbocycles. The van der Waals surface area contributed by atoms with E-state index in [-0.39, 0.29) is 0 Å². The van der Waals surface area contributed by atoms with E-state index in [1.165, 1.54) is 0 Å². The van der Waals surface area contributed by atoms with Gasteiger partial charge in [0.05, 0.1) is 4.90 Å². The molecule has 0 heterocycles. The van der Waals surface area contributed by atoms with Crippen LogP contribution in [0.2, 0.25) is 0 Å². The van der Waals surface area contributed by atoms with Crippen LogP contribution in [0.5, 0.6) is 0 Å². The fourth-order valence-electron chi connectivity index (χ4n) is 1.87. The lowest BCUT2D eigenvalue weighted by atomic mass is 10.1. The first-order valence-corrected chi connectivity index (χ1v) is 10.1. The zero-order chi connectivity index (χ0) is 15.9. The van der Waals surface area contributed by atoms with E-state index in [1.807, 2.05) is 25.3 Å². The van der Waals surface area contributed by atoms with Crippen LogP contribution in [0.4, 0.5) is 0 Å². The van der Waals surface area contributed by atoms with Gasteiger partial charge in [-0.3, -0.25) is 0 Å². The van der Waals surface area contributed by atoms with Gasteiger partial charge in [0.1, 0.15) is 0 Å². The minimum absolute atomic E-state index is 0.371. The molecule has 0 aromatic heterocycles. The van der Waals surface area contributed by atoms with Crippen molar-refractivity contribution in [3.8, 4) is 0 Å². The van der Waals surface area contributed by atoms with Crippen molar-refractivity contribution in [2.45, 2.75) is 44.7 Å². The summed E-state index contributed by atoms with van der Waals surface area (Å²) in [7, 11) is -3.42. The Balaban J connectivity index is 2.81. The summed E-state index contributed by atoms with van der Waals surface area (Å²) in [5, 5.41) is 3.30. The quantitative estimate of drug-likeness (QED) is 0.683. The number of hydrogen-bond donors (Lipinski definition) is 2. The summed E-state index contributed by atoms with van der Waals surface area (Å²) in [4.78, 5) is 0.384. The lowest BCUT2D eigenvalue weighted by Crippen LogP contribution is -2.26. The van der Waals surface area contributed by atoms with Crippen molar-refractivity contribution in [1.82, 2.24) is 10.0 Å². The van der Waals surface area contributed by atoms with Gasteiger partial charge in [0.15, 0.2) is 0 Å². The van der Waals surface area contributed by atoms with Crippen LogP contribution in [-0.4, -0.2) is 33.0 Å². The van der Waals surface area contributed by atoms with Crippen molar-refractivity contribution in [1.29, 1.82) is 0 Å². The van der Waals surface area contributed by atoms with Crippen LogP contribution in [0.25, 0.3) is 0 Å². The standard InChI is InChI=1S/C15H26N2O2S2/c1-12(2)16-11-14-7-6-13(3)15(10-14)21(18,19)17-8-5-9-20-4/h6-7,10,12,16-17H,5,8-9,11H2,1-4H3. The highest BCUT2D eigenvalue weighted by Gasteiger charge is 2.16. The van der Waals surface area contributed by atoms with Crippen molar-refractivity contribution in [3.63, 3.8) is 0 Å². The van der Waals surface area contributed by atoms with E-state index in [9.17, 15) is 8.42 Å². The molecule has 4 nitrogen and oxygen atoms in total. The molecule has 0 bridgehead atoms. The fourth-order valence-corrected chi connectivity index (χ4v) is 3.67. The maximum atomic E-state index is 12.4. The molecule has 1 rings (SSSR count). The Morgan fingerprint density at radius 1 is 1.29 bits per heavy atom. The van der Waals surface area contributed by atoms with Gasteiger partial charge in [0.2, 0.25) is 10.0 Å². The Kier molecular flexibility index (Phi) is 7.73.